The highest BCUT2D eigenvalue weighted by molar-refractivity contribution is 5.79. The summed E-state index contributed by atoms with van der Waals surface area (Å²) in [5.41, 5.74) is 1.47. The molecule has 1 unspecified atom stereocenters. The molecule has 6 nitrogen and oxygen atoms in total. The van der Waals surface area contributed by atoms with Gasteiger partial charge >= 0.3 is 12.0 Å². The Balaban J connectivity index is 1.60. The molecule has 0 spiro atoms. The molecule has 2 fully saturated rings. The highest BCUT2D eigenvalue weighted by atomic mass is 16.4. The first-order chi connectivity index (χ1) is 12.0. The van der Waals surface area contributed by atoms with E-state index < -0.39 is 11.4 Å². The Labute approximate surface area is 148 Å². The van der Waals surface area contributed by atoms with E-state index in [1.54, 1.807) is 11.8 Å². The quantitative estimate of drug-likeness (QED) is 0.880. The van der Waals surface area contributed by atoms with Gasteiger partial charge in [0.2, 0.25) is 0 Å². The number of carboxylic acids is 1. The van der Waals surface area contributed by atoms with E-state index in [0.717, 1.165) is 18.7 Å². The van der Waals surface area contributed by atoms with Crippen LogP contribution in [-0.2, 0) is 11.3 Å². The molecule has 2 aliphatic rings. The molecular weight excluding hydrogens is 318 g/mol. The number of carboxylic acid groups (broad SMARTS) is 1. The number of nitrogens with one attached hydrogen (secondary N) is 1. The minimum absolute atomic E-state index is 0.182. The highest BCUT2D eigenvalue weighted by Gasteiger charge is 2.42. The van der Waals surface area contributed by atoms with Crippen molar-refractivity contribution < 1.29 is 14.7 Å². The van der Waals surface area contributed by atoms with E-state index in [4.69, 9.17) is 0 Å². The van der Waals surface area contributed by atoms with Crippen molar-refractivity contribution in [3.8, 4) is 0 Å². The minimum Gasteiger partial charge on any atom is -0.481 e. The van der Waals surface area contributed by atoms with Crippen molar-refractivity contribution in [2.24, 2.45) is 5.41 Å². The van der Waals surface area contributed by atoms with Gasteiger partial charge in [-0.15, -0.1) is 0 Å². The van der Waals surface area contributed by atoms with Crippen LogP contribution in [0.25, 0.3) is 0 Å². The number of amides is 2. The molecule has 1 atom stereocenters. The van der Waals surface area contributed by atoms with Crippen molar-refractivity contribution in [3.63, 3.8) is 0 Å². The summed E-state index contributed by atoms with van der Waals surface area (Å²) >= 11 is 0. The van der Waals surface area contributed by atoms with Crippen LogP contribution in [0.2, 0.25) is 0 Å². The van der Waals surface area contributed by atoms with E-state index in [9.17, 15) is 14.7 Å². The lowest BCUT2D eigenvalue weighted by Gasteiger charge is -2.31. The molecule has 1 aromatic rings. The van der Waals surface area contributed by atoms with E-state index in [0.29, 0.717) is 19.5 Å². The van der Waals surface area contributed by atoms with E-state index in [2.05, 4.69) is 22.3 Å². The summed E-state index contributed by atoms with van der Waals surface area (Å²) in [6.07, 6.45) is 4.21. The van der Waals surface area contributed by atoms with Gasteiger partial charge in [-0.2, -0.15) is 0 Å². The molecule has 0 saturated carbocycles. The third-order valence-corrected chi connectivity index (χ3v) is 5.40. The molecule has 0 aliphatic carbocycles. The minimum atomic E-state index is -0.835. The Morgan fingerprint density at radius 1 is 1.16 bits per heavy atom. The Morgan fingerprint density at radius 2 is 1.88 bits per heavy atom. The largest absolute Gasteiger partial charge is 0.481 e. The van der Waals surface area contributed by atoms with E-state index >= 15 is 0 Å². The zero-order valence-corrected chi connectivity index (χ0v) is 14.8. The van der Waals surface area contributed by atoms with Gasteiger partial charge in [0.1, 0.15) is 0 Å². The number of urea groups is 1. The SMILES string of the molecule is CC1(C(=O)O)CCN(C(=O)NCc2ccccc2N2CCCCC2)C1. The van der Waals surface area contributed by atoms with E-state index in [1.807, 2.05) is 12.1 Å². The van der Waals surface area contributed by atoms with Gasteiger partial charge in [0.15, 0.2) is 0 Å². The van der Waals surface area contributed by atoms with Crippen LogP contribution >= 0.6 is 0 Å². The second-order valence-electron chi connectivity index (χ2n) is 7.37. The van der Waals surface area contributed by atoms with Crippen molar-refractivity contribution >= 4 is 17.7 Å². The molecule has 0 bridgehead atoms. The van der Waals surface area contributed by atoms with Gasteiger partial charge in [-0.05, 0) is 44.2 Å². The summed E-state index contributed by atoms with van der Waals surface area (Å²) < 4.78 is 0. The van der Waals surface area contributed by atoms with Crippen molar-refractivity contribution in [1.82, 2.24) is 10.2 Å². The number of anilines is 1. The lowest BCUT2D eigenvalue weighted by atomic mass is 9.90. The first-order valence-corrected chi connectivity index (χ1v) is 9.09. The van der Waals surface area contributed by atoms with Crippen LogP contribution in [0.15, 0.2) is 24.3 Å². The first kappa shape index (κ1) is 17.6. The first-order valence-electron chi connectivity index (χ1n) is 9.09. The van der Waals surface area contributed by atoms with Gasteiger partial charge in [-0.3, -0.25) is 4.79 Å². The van der Waals surface area contributed by atoms with Crippen LogP contribution < -0.4 is 10.2 Å². The lowest BCUT2D eigenvalue weighted by Crippen LogP contribution is -2.41. The number of benzene rings is 1. The average Bonchev–Trinajstić information content (AvgIpc) is 3.05. The van der Waals surface area contributed by atoms with Crippen molar-refractivity contribution in [3.05, 3.63) is 29.8 Å². The number of piperidine rings is 1. The molecule has 0 radical (unpaired) electrons. The third-order valence-electron chi connectivity index (χ3n) is 5.40. The second kappa shape index (κ2) is 7.33. The van der Waals surface area contributed by atoms with E-state index in [1.165, 1.54) is 24.9 Å². The summed E-state index contributed by atoms with van der Waals surface area (Å²) in [7, 11) is 0. The molecule has 2 N–H and O–H groups in total. The van der Waals surface area contributed by atoms with Crippen LogP contribution in [0.1, 0.15) is 38.2 Å². The zero-order valence-electron chi connectivity index (χ0n) is 14.8. The van der Waals surface area contributed by atoms with Crippen molar-refractivity contribution in [1.29, 1.82) is 0 Å². The normalized spacial score (nSPS) is 23.6. The Morgan fingerprint density at radius 3 is 2.56 bits per heavy atom. The monoisotopic (exact) mass is 345 g/mol. The maximum atomic E-state index is 12.4. The highest BCUT2D eigenvalue weighted by Crippen LogP contribution is 2.30. The van der Waals surface area contributed by atoms with Gasteiger partial charge < -0.3 is 20.2 Å². The predicted octanol–water partition coefficient (Wildman–Crippen LogP) is 2.68. The molecule has 136 valence electrons. The van der Waals surface area contributed by atoms with Crippen LogP contribution in [0.5, 0.6) is 0 Å². The number of nitrogens with zero attached hydrogens (tertiary/aromatic N) is 2. The summed E-state index contributed by atoms with van der Waals surface area (Å²) in [4.78, 5) is 27.8. The molecule has 0 aromatic heterocycles. The van der Waals surface area contributed by atoms with Gasteiger partial charge in [-0.25, -0.2) is 4.79 Å². The Hall–Kier alpha value is -2.24. The molecular formula is C19H27N3O3. The topological polar surface area (TPSA) is 72.9 Å². The number of carbonyl (C=O) groups excluding carboxylic acids is 1. The summed E-state index contributed by atoms with van der Waals surface area (Å²) in [6.45, 7) is 5.05. The van der Waals surface area contributed by atoms with Gasteiger partial charge in [0.05, 0.1) is 5.41 Å². The molecule has 2 amide bonds. The number of hydrogen-bond acceptors (Lipinski definition) is 3. The van der Waals surface area contributed by atoms with Gasteiger partial charge in [0, 0.05) is 38.4 Å². The fourth-order valence-corrected chi connectivity index (χ4v) is 3.70. The fourth-order valence-electron chi connectivity index (χ4n) is 3.70. The number of rotatable bonds is 4. The van der Waals surface area contributed by atoms with Crippen LogP contribution in [-0.4, -0.2) is 48.2 Å². The van der Waals surface area contributed by atoms with Crippen LogP contribution in [0.3, 0.4) is 0 Å². The summed E-state index contributed by atoms with van der Waals surface area (Å²) in [5.74, 6) is -0.835. The smallest absolute Gasteiger partial charge is 0.317 e. The van der Waals surface area contributed by atoms with Gasteiger partial charge in [0.25, 0.3) is 0 Å². The van der Waals surface area contributed by atoms with E-state index in [-0.39, 0.29) is 12.6 Å². The fraction of sp³-hybridized carbons (Fsp3) is 0.579. The van der Waals surface area contributed by atoms with Crippen LogP contribution in [0.4, 0.5) is 10.5 Å². The molecule has 1 aromatic carbocycles. The summed E-state index contributed by atoms with van der Waals surface area (Å²) in [5, 5.41) is 12.3. The molecule has 2 saturated heterocycles. The third kappa shape index (κ3) is 3.89. The number of aliphatic carboxylic acids is 1. The van der Waals surface area contributed by atoms with Crippen molar-refractivity contribution in [2.45, 2.75) is 39.2 Å². The zero-order chi connectivity index (χ0) is 17.9. The Bertz CT molecular complexity index is 643. The maximum Gasteiger partial charge on any atom is 0.317 e. The number of hydrogen-bond donors (Lipinski definition) is 2. The predicted molar refractivity (Wildman–Crippen MR) is 96.7 cm³/mol. The molecule has 6 heteroatoms. The number of para-hydroxylation sites is 1. The molecule has 25 heavy (non-hydrogen) atoms. The molecule has 2 aliphatic heterocycles. The lowest BCUT2D eigenvalue weighted by molar-refractivity contribution is -0.147. The average molecular weight is 345 g/mol. The summed E-state index contributed by atoms with van der Waals surface area (Å²) in [6, 6.07) is 8.01. The van der Waals surface area contributed by atoms with Crippen LogP contribution in [0, 0.1) is 5.41 Å². The second-order valence-corrected chi connectivity index (χ2v) is 7.37. The Kier molecular flexibility index (Phi) is 5.16. The number of likely N-dealkylation sites (tertiary alicyclic amines) is 1. The molecule has 3 rings (SSSR count). The van der Waals surface area contributed by atoms with Crippen molar-refractivity contribution in [2.75, 3.05) is 31.1 Å². The number of carbonyl (C=O) groups is 2. The molecule has 2 heterocycles. The standard InChI is InChI=1S/C19H27N3O3/c1-19(17(23)24)9-12-22(14-19)18(25)20-13-15-7-3-4-8-16(15)21-10-5-2-6-11-21/h3-4,7-8H,2,5-6,9-14H2,1H3,(H,20,25)(H,23,24). The van der Waals surface area contributed by atoms with Gasteiger partial charge in [-0.1, -0.05) is 18.2 Å². The maximum absolute atomic E-state index is 12.4.